The molecule has 0 saturated carbocycles. The summed E-state index contributed by atoms with van der Waals surface area (Å²) in [6.45, 7) is 2.75. The number of hydrogen-bond acceptors (Lipinski definition) is 4. The lowest BCUT2D eigenvalue weighted by Gasteiger charge is -2.36. The fraction of sp³-hybridized carbons (Fsp3) is 0.889. The Bertz CT molecular complexity index is 199. The van der Waals surface area contributed by atoms with Crippen molar-refractivity contribution in [3.05, 3.63) is 0 Å². The number of nitrogens with zero attached hydrogens (tertiary/aromatic N) is 1. The van der Waals surface area contributed by atoms with Crippen molar-refractivity contribution < 1.29 is 19.7 Å². The first-order valence-electron chi connectivity index (χ1n) is 4.86. The summed E-state index contributed by atoms with van der Waals surface area (Å²) in [4.78, 5) is 12.8. The summed E-state index contributed by atoms with van der Waals surface area (Å²) in [5.41, 5.74) is -1.01. The third-order valence-corrected chi connectivity index (χ3v) is 2.51. The van der Waals surface area contributed by atoms with E-state index < -0.39 is 5.60 Å². The van der Waals surface area contributed by atoms with E-state index >= 15 is 0 Å². The highest BCUT2D eigenvalue weighted by atomic mass is 16.6. The lowest BCUT2D eigenvalue weighted by molar-refractivity contribution is -0.0570. The fourth-order valence-corrected chi connectivity index (χ4v) is 1.48. The molecule has 0 aromatic carbocycles. The quantitative estimate of drug-likeness (QED) is 0.660. The molecule has 1 aliphatic heterocycles. The van der Waals surface area contributed by atoms with Crippen molar-refractivity contribution in [3.8, 4) is 0 Å². The SMILES string of the molecule is CCOC(=O)N1CCC(O)(CO)CC1. The molecule has 1 aliphatic rings. The Balaban J connectivity index is 2.39. The first-order chi connectivity index (χ1) is 6.61. The highest BCUT2D eigenvalue weighted by Crippen LogP contribution is 2.21. The van der Waals surface area contributed by atoms with E-state index in [9.17, 15) is 9.90 Å². The van der Waals surface area contributed by atoms with Crippen LogP contribution in [-0.2, 0) is 4.74 Å². The van der Waals surface area contributed by atoms with Crippen LogP contribution in [0.15, 0.2) is 0 Å². The molecule has 0 unspecified atom stereocenters. The van der Waals surface area contributed by atoms with E-state index in [2.05, 4.69) is 0 Å². The summed E-state index contributed by atoms with van der Waals surface area (Å²) in [5.74, 6) is 0. The van der Waals surface area contributed by atoms with Gasteiger partial charge >= 0.3 is 6.09 Å². The smallest absolute Gasteiger partial charge is 0.409 e. The monoisotopic (exact) mass is 203 g/mol. The molecule has 0 aromatic heterocycles. The second-order valence-electron chi connectivity index (χ2n) is 3.57. The molecule has 5 heteroatoms. The van der Waals surface area contributed by atoms with Gasteiger partial charge in [0.25, 0.3) is 0 Å². The maximum Gasteiger partial charge on any atom is 0.409 e. The van der Waals surface area contributed by atoms with Crippen molar-refractivity contribution in [2.75, 3.05) is 26.3 Å². The summed E-state index contributed by atoms with van der Waals surface area (Å²) in [6, 6.07) is 0. The van der Waals surface area contributed by atoms with Gasteiger partial charge < -0.3 is 19.8 Å². The van der Waals surface area contributed by atoms with Gasteiger partial charge in [0, 0.05) is 13.1 Å². The number of carbonyl (C=O) groups excluding carboxylic acids is 1. The van der Waals surface area contributed by atoms with E-state index in [0.29, 0.717) is 32.5 Å². The van der Waals surface area contributed by atoms with Crippen molar-refractivity contribution in [1.29, 1.82) is 0 Å². The molecule has 1 fully saturated rings. The number of ether oxygens (including phenoxy) is 1. The minimum Gasteiger partial charge on any atom is -0.450 e. The molecule has 0 aliphatic carbocycles. The molecule has 1 amide bonds. The molecule has 0 bridgehead atoms. The summed E-state index contributed by atoms with van der Waals surface area (Å²) >= 11 is 0. The highest BCUT2D eigenvalue weighted by molar-refractivity contribution is 5.67. The van der Waals surface area contributed by atoms with Gasteiger partial charge in [-0.1, -0.05) is 0 Å². The van der Waals surface area contributed by atoms with Gasteiger partial charge in [-0.2, -0.15) is 0 Å². The summed E-state index contributed by atoms with van der Waals surface area (Å²) in [5, 5.41) is 18.6. The Morgan fingerprint density at radius 3 is 2.50 bits per heavy atom. The van der Waals surface area contributed by atoms with Crippen LogP contribution in [0.4, 0.5) is 4.79 Å². The predicted molar refractivity (Wildman–Crippen MR) is 49.9 cm³/mol. The second-order valence-corrected chi connectivity index (χ2v) is 3.57. The molecule has 1 rings (SSSR count). The topological polar surface area (TPSA) is 70.0 Å². The number of amides is 1. The molecule has 0 aromatic rings. The van der Waals surface area contributed by atoms with Gasteiger partial charge in [0.05, 0.1) is 18.8 Å². The van der Waals surface area contributed by atoms with Crippen LogP contribution >= 0.6 is 0 Å². The first-order valence-corrected chi connectivity index (χ1v) is 4.86. The summed E-state index contributed by atoms with van der Waals surface area (Å²) < 4.78 is 4.83. The molecule has 0 atom stereocenters. The summed E-state index contributed by atoms with van der Waals surface area (Å²) in [7, 11) is 0. The van der Waals surface area contributed by atoms with Gasteiger partial charge in [-0.25, -0.2) is 4.79 Å². The normalized spacial score (nSPS) is 20.6. The number of carbonyl (C=O) groups is 1. The third-order valence-electron chi connectivity index (χ3n) is 2.51. The molecular weight excluding hydrogens is 186 g/mol. The summed E-state index contributed by atoms with van der Waals surface area (Å²) in [6.07, 6.45) is 0.470. The van der Waals surface area contributed by atoms with Gasteiger partial charge in [0.1, 0.15) is 0 Å². The van der Waals surface area contributed by atoms with Crippen LogP contribution in [0.1, 0.15) is 19.8 Å². The van der Waals surface area contributed by atoms with E-state index in [-0.39, 0.29) is 12.7 Å². The Morgan fingerprint density at radius 1 is 1.50 bits per heavy atom. The number of aliphatic hydroxyl groups excluding tert-OH is 1. The average Bonchev–Trinajstić information content (AvgIpc) is 2.19. The van der Waals surface area contributed by atoms with Gasteiger partial charge in [-0.05, 0) is 19.8 Å². The fourth-order valence-electron chi connectivity index (χ4n) is 1.48. The lowest BCUT2D eigenvalue weighted by Crippen LogP contribution is -2.48. The zero-order chi connectivity index (χ0) is 10.6. The molecule has 1 heterocycles. The highest BCUT2D eigenvalue weighted by Gasteiger charge is 2.33. The Kier molecular flexibility index (Phi) is 3.71. The Morgan fingerprint density at radius 2 is 2.07 bits per heavy atom. The van der Waals surface area contributed by atoms with E-state index in [1.807, 2.05) is 0 Å². The number of rotatable bonds is 2. The largest absolute Gasteiger partial charge is 0.450 e. The zero-order valence-electron chi connectivity index (χ0n) is 8.40. The number of piperidine rings is 1. The van der Waals surface area contributed by atoms with E-state index in [1.165, 1.54) is 0 Å². The second kappa shape index (κ2) is 4.61. The van der Waals surface area contributed by atoms with Crippen molar-refractivity contribution in [3.63, 3.8) is 0 Å². The van der Waals surface area contributed by atoms with Crippen LogP contribution in [0, 0.1) is 0 Å². The minimum absolute atomic E-state index is 0.246. The van der Waals surface area contributed by atoms with Crippen LogP contribution in [0.3, 0.4) is 0 Å². The molecule has 14 heavy (non-hydrogen) atoms. The molecule has 2 N–H and O–H groups in total. The van der Waals surface area contributed by atoms with Crippen LogP contribution in [0.5, 0.6) is 0 Å². The molecule has 0 radical (unpaired) electrons. The average molecular weight is 203 g/mol. The molecule has 1 saturated heterocycles. The minimum atomic E-state index is -1.01. The van der Waals surface area contributed by atoms with Crippen molar-refractivity contribution in [2.45, 2.75) is 25.4 Å². The van der Waals surface area contributed by atoms with Crippen LogP contribution in [0.2, 0.25) is 0 Å². The molecular formula is C9H17NO4. The van der Waals surface area contributed by atoms with Gasteiger partial charge in [0.15, 0.2) is 0 Å². The Hall–Kier alpha value is -0.810. The maximum atomic E-state index is 11.3. The standard InChI is InChI=1S/C9H17NO4/c1-2-14-8(12)10-5-3-9(13,7-11)4-6-10/h11,13H,2-7H2,1H3. The third kappa shape index (κ3) is 2.59. The predicted octanol–water partition coefficient (Wildman–Crippen LogP) is -0.0379. The van der Waals surface area contributed by atoms with Crippen LogP contribution in [0.25, 0.3) is 0 Å². The number of aliphatic hydroxyl groups is 2. The van der Waals surface area contributed by atoms with E-state index in [1.54, 1.807) is 11.8 Å². The lowest BCUT2D eigenvalue weighted by atomic mass is 9.93. The van der Waals surface area contributed by atoms with Crippen molar-refractivity contribution in [1.82, 2.24) is 4.90 Å². The van der Waals surface area contributed by atoms with Crippen molar-refractivity contribution >= 4 is 6.09 Å². The van der Waals surface area contributed by atoms with Crippen LogP contribution in [-0.4, -0.2) is 53.1 Å². The first kappa shape index (κ1) is 11.3. The Labute approximate surface area is 83.3 Å². The zero-order valence-corrected chi connectivity index (χ0v) is 8.40. The van der Waals surface area contributed by atoms with E-state index in [4.69, 9.17) is 9.84 Å². The number of hydrogen-bond donors (Lipinski definition) is 2. The molecule has 5 nitrogen and oxygen atoms in total. The van der Waals surface area contributed by atoms with Gasteiger partial charge in [-0.3, -0.25) is 0 Å². The van der Waals surface area contributed by atoms with Crippen LogP contribution < -0.4 is 0 Å². The molecule has 82 valence electrons. The number of likely N-dealkylation sites (tertiary alicyclic amines) is 1. The van der Waals surface area contributed by atoms with Crippen molar-refractivity contribution in [2.24, 2.45) is 0 Å². The molecule has 0 spiro atoms. The van der Waals surface area contributed by atoms with E-state index in [0.717, 1.165) is 0 Å². The van der Waals surface area contributed by atoms with Gasteiger partial charge in [-0.15, -0.1) is 0 Å². The van der Waals surface area contributed by atoms with Gasteiger partial charge in [0.2, 0.25) is 0 Å². The maximum absolute atomic E-state index is 11.3.